The maximum absolute atomic E-state index is 12.8. The van der Waals surface area contributed by atoms with Gasteiger partial charge in [-0.25, -0.2) is 4.90 Å². The molecule has 1 fully saturated rings. The van der Waals surface area contributed by atoms with Crippen LogP contribution in [-0.2, 0) is 9.59 Å². The number of imide groups is 1. The smallest absolute Gasteiger partial charge is 0.265 e. The molecule has 1 aliphatic heterocycles. The Morgan fingerprint density at radius 3 is 2.45 bits per heavy atom. The normalized spacial score (nSPS) is 16.3. The second-order valence-corrected chi connectivity index (χ2v) is 9.78. The van der Waals surface area contributed by atoms with Crippen molar-refractivity contribution >= 4 is 74.8 Å². The topological polar surface area (TPSA) is 66.5 Å². The summed E-state index contributed by atoms with van der Waals surface area (Å²) in [5.74, 6) is -0.532. The van der Waals surface area contributed by atoms with Crippen molar-refractivity contribution in [3.8, 4) is 0 Å². The van der Waals surface area contributed by atoms with Crippen LogP contribution in [0.3, 0.4) is 0 Å². The van der Waals surface area contributed by atoms with Gasteiger partial charge >= 0.3 is 0 Å². The molecule has 0 bridgehead atoms. The highest BCUT2D eigenvalue weighted by atomic mass is 127. The van der Waals surface area contributed by atoms with Gasteiger partial charge in [0.25, 0.3) is 5.91 Å². The standard InChI is InChI=1S/C21H15IN2O3S2/c22-13-3-7-15(8-4-13)24-19(25)12-18(21(24)27)29-16-9-5-14(6-10-16)23-20(26)17-2-1-11-28-17/h1-11,18H,12H2,(H,23,26). The molecule has 2 aromatic carbocycles. The lowest BCUT2D eigenvalue weighted by Gasteiger charge is -2.15. The SMILES string of the molecule is O=C(Nc1ccc(SC2CC(=O)N(c3ccc(I)cc3)C2=O)cc1)c1cccs1. The lowest BCUT2D eigenvalue weighted by molar-refractivity contribution is -0.121. The molecule has 3 amide bonds. The number of rotatable bonds is 5. The van der Waals surface area contributed by atoms with E-state index < -0.39 is 5.25 Å². The van der Waals surface area contributed by atoms with Gasteiger partial charge in [-0.1, -0.05) is 6.07 Å². The van der Waals surface area contributed by atoms with E-state index in [-0.39, 0.29) is 24.1 Å². The van der Waals surface area contributed by atoms with Gasteiger partial charge in [-0.05, 0) is 82.6 Å². The van der Waals surface area contributed by atoms with E-state index in [0.717, 1.165) is 8.47 Å². The van der Waals surface area contributed by atoms with Gasteiger partial charge in [0.15, 0.2) is 0 Å². The number of thiophene rings is 1. The van der Waals surface area contributed by atoms with Gasteiger partial charge in [0.1, 0.15) is 0 Å². The molecule has 146 valence electrons. The summed E-state index contributed by atoms with van der Waals surface area (Å²) in [4.78, 5) is 40.1. The number of halogens is 1. The zero-order valence-electron chi connectivity index (χ0n) is 15.0. The van der Waals surface area contributed by atoms with Crippen LogP contribution in [0, 0.1) is 3.57 Å². The van der Waals surface area contributed by atoms with Gasteiger partial charge in [0.05, 0.1) is 15.8 Å². The minimum atomic E-state index is -0.451. The third kappa shape index (κ3) is 4.54. The number of hydrogen-bond donors (Lipinski definition) is 1. The van der Waals surface area contributed by atoms with Gasteiger partial charge in [-0.15, -0.1) is 23.1 Å². The summed E-state index contributed by atoms with van der Waals surface area (Å²) >= 11 is 4.93. The molecule has 0 radical (unpaired) electrons. The summed E-state index contributed by atoms with van der Waals surface area (Å²) in [6.45, 7) is 0. The van der Waals surface area contributed by atoms with Crippen molar-refractivity contribution in [2.45, 2.75) is 16.6 Å². The third-order valence-electron chi connectivity index (χ3n) is 4.33. The zero-order chi connectivity index (χ0) is 20.4. The minimum Gasteiger partial charge on any atom is -0.321 e. The largest absolute Gasteiger partial charge is 0.321 e. The van der Waals surface area contributed by atoms with Crippen LogP contribution in [0.5, 0.6) is 0 Å². The van der Waals surface area contributed by atoms with E-state index in [2.05, 4.69) is 27.9 Å². The summed E-state index contributed by atoms with van der Waals surface area (Å²) in [6.07, 6.45) is 0.173. The van der Waals surface area contributed by atoms with Crippen LogP contribution in [0.25, 0.3) is 0 Å². The molecule has 1 aliphatic rings. The Balaban J connectivity index is 1.41. The van der Waals surface area contributed by atoms with Crippen LogP contribution < -0.4 is 10.2 Å². The maximum Gasteiger partial charge on any atom is 0.265 e. The molecule has 1 unspecified atom stereocenters. The number of thioether (sulfide) groups is 1. The highest BCUT2D eigenvalue weighted by molar-refractivity contribution is 14.1. The van der Waals surface area contributed by atoms with Crippen LogP contribution in [0.15, 0.2) is 70.9 Å². The van der Waals surface area contributed by atoms with Crippen LogP contribution in [0.1, 0.15) is 16.1 Å². The maximum atomic E-state index is 12.8. The number of nitrogens with one attached hydrogen (secondary N) is 1. The molecule has 1 atom stereocenters. The van der Waals surface area contributed by atoms with E-state index in [9.17, 15) is 14.4 Å². The summed E-state index contributed by atoms with van der Waals surface area (Å²) in [5.41, 5.74) is 1.29. The summed E-state index contributed by atoms with van der Waals surface area (Å²) in [7, 11) is 0. The minimum absolute atomic E-state index is 0.148. The van der Waals surface area contributed by atoms with Crippen molar-refractivity contribution in [2.75, 3.05) is 10.2 Å². The number of hydrogen-bond acceptors (Lipinski definition) is 5. The molecule has 1 aromatic heterocycles. The number of nitrogens with zero attached hydrogens (tertiary/aromatic N) is 1. The molecule has 4 rings (SSSR count). The summed E-state index contributed by atoms with van der Waals surface area (Å²) in [5, 5.41) is 4.25. The Hall–Kier alpha value is -2.17. The average molecular weight is 534 g/mol. The second kappa shape index (κ2) is 8.68. The molecule has 1 saturated heterocycles. The fourth-order valence-electron chi connectivity index (χ4n) is 2.94. The second-order valence-electron chi connectivity index (χ2n) is 6.31. The highest BCUT2D eigenvalue weighted by Gasteiger charge is 2.40. The molecule has 8 heteroatoms. The first-order valence-electron chi connectivity index (χ1n) is 8.75. The van der Waals surface area contributed by atoms with Crippen molar-refractivity contribution < 1.29 is 14.4 Å². The van der Waals surface area contributed by atoms with Crippen LogP contribution >= 0.6 is 45.7 Å². The van der Waals surface area contributed by atoms with E-state index in [0.29, 0.717) is 16.3 Å². The van der Waals surface area contributed by atoms with Crippen LogP contribution in [-0.4, -0.2) is 23.0 Å². The number of anilines is 2. The molecule has 5 nitrogen and oxygen atoms in total. The molecule has 29 heavy (non-hydrogen) atoms. The Morgan fingerprint density at radius 1 is 1.07 bits per heavy atom. The predicted octanol–water partition coefficient (Wildman–Crippen LogP) is 5.03. The molecule has 2 heterocycles. The number of amides is 3. The summed E-state index contributed by atoms with van der Waals surface area (Å²) < 4.78 is 1.04. The first kappa shape index (κ1) is 20.1. The van der Waals surface area contributed by atoms with E-state index in [1.807, 2.05) is 35.7 Å². The fourth-order valence-corrected chi connectivity index (χ4v) is 4.97. The van der Waals surface area contributed by atoms with Crippen molar-refractivity contribution in [3.63, 3.8) is 0 Å². The monoisotopic (exact) mass is 534 g/mol. The molecule has 3 aromatic rings. The van der Waals surface area contributed by atoms with Gasteiger partial charge in [0, 0.05) is 20.6 Å². The summed E-state index contributed by atoms with van der Waals surface area (Å²) in [6, 6.07) is 18.2. The van der Waals surface area contributed by atoms with Crippen molar-refractivity contribution in [3.05, 3.63) is 74.5 Å². The van der Waals surface area contributed by atoms with E-state index >= 15 is 0 Å². The van der Waals surface area contributed by atoms with Crippen LogP contribution in [0.4, 0.5) is 11.4 Å². The Labute approximate surface area is 189 Å². The van der Waals surface area contributed by atoms with Crippen LogP contribution in [0.2, 0.25) is 0 Å². The average Bonchev–Trinajstić information content (AvgIpc) is 3.34. The fraction of sp³-hybridized carbons (Fsp3) is 0.0952. The predicted molar refractivity (Wildman–Crippen MR) is 125 cm³/mol. The van der Waals surface area contributed by atoms with Gasteiger partial charge in [0.2, 0.25) is 11.8 Å². The molecule has 0 spiro atoms. The van der Waals surface area contributed by atoms with Crippen molar-refractivity contribution in [1.82, 2.24) is 0 Å². The highest BCUT2D eigenvalue weighted by Crippen LogP contribution is 2.34. The molecule has 1 N–H and O–H groups in total. The Morgan fingerprint density at radius 2 is 1.79 bits per heavy atom. The molecule has 0 saturated carbocycles. The lowest BCUT2D eigenvalue weighted by Crippen LogP contribution is -2.31. The molecular weight excluding hydrogens is 519 g/mol. The first-order chi connectivity index (χ1) is 14.0. The first-order valence-corrected chi connectivity index (χ1v) is 11.6. The number of carbonyl (C=O) groups is 3. The molecular formula is C21H15IN2O3S2. The van der Waals surface area contributed by atoms with E-state index in [4.69, 9.17) is 0 Å². The lowest BCUT2D eigenvalue weighted by atomic mass is 10.3. The Kier molecular flexibility index (Phi) is 6.02. The van der Waals surface area contributed by atoms with E-state index in [1.165, 1.54) is 28.0 Å². The van der Waals surface area contributed by atoms with Crippen molar-refractivity contribution in [2.24, 2.45) is 0 Å². The zero-order valence-corrected chi connectivity index (χ0v) is 18.8. The third-order valence-corrected chi connectivity index (χ3v) is 7.11. The number of benzene rings is 2. The molecule has 0 aliphatic carbocycles. The van der Waals surface area contributed by atoms with Crippen molar-refractivity contribution in [1.29, 1.82) is 0 Å². The van der Waals surface area contributed by atoms with Gasteiger partial charge < -0.3 is 5.32 Å². The van der Waals surface area contributed by atoms with Gasteiger partial charge in [-0.3, -0.25) is 14.4 Å². The quantitative estimate of drug-likeness (QED) is 0.369. The van der Waals surface area contributed by atoms with Gasteiger partial charge in [-0.2, -0.15) is 0 Å². The van der Waals surface area contributed by atoms with E-state index in [1.54, 1.807) is 30.3 Å². The number of carbonyl (C=O) groups excluding carboxylic acids is 3. The Bertz CT molecular complexity index is 1050.